The molecule has 1 aromatic heterocycles. The van der Waals surface area contributed by atoms with Crippen LogP contribution in [0.25, 0.3) is 0 Å². The van der Waals surface area contributed by atoms with E-state index in [4.69, 9.17) is 0 Å². The molecule has 2 aromatic rings. The molecule has 1 amide bonds. The van der Waals surface area contributed by atoms with E-state index in [1.807, 2.05) is 9.47 Å². The molecule has 1 fully saturated rings. The zero-order valence-corrected chi connectivity index (χ0v) is 16.1. The molecule has 0 saturated carbocycles. The summed E-state index contributed by atoms with van der Waals surface area (Å²) in [6.45, 7) is 14.6. The molecule has 134 valence electrons. The van der Waals surface area contributed by atoms with Crippen LogP contribution < -0.4 is 0 Å². The number of amides is 1. The Morgan fingerprint density at radius 3 is 1.84 bits per heavy atom. The number of hydrogen-bond acceptors (Lipinski definition) is 3. The molecule has 5 nitrogen and oxygen atoms in total. The molecular formula is C20H28N4O. The van der Waals surface area contributed by atoms with Crippen LogP contribution in [-0.2, 0) is 10.8 Å². The zero-order valence-electron chi connectivity index (χ0n) is 16.1. The van der Waals surface area contributed by atoms with Gasteiger partial charge in [-0.3, -0.25) is 4.79 Å². The van der Waals surface area contributed by atoms with Gasteiger partial charge in [-0.05, 0) is 34.1 Å². The van der Waals surface area contributed by atoms with Crippen molar-refractivity contribution >= 4 is 5.91 Å². The Labute approximate surface area is 150 Å². The van der Waals surface area contributed by atoms with Crippen LogP contribution in [0.1, 0.15) is 69.1 Å². The van der Waals surface area contributed by atoms with Gasteiger partial charge in [-0.25, -0.2) is 0 Å². The molecule has 0 atom stereocenters. The number of carbonyl (C=O) groups excluding carboxylic acids is 1. The molecule has 0 N–H and O–H groups in total. The van der Waals surface area contributed by atoms with E-state index in [0.29, 0.717) is 13.1 Å². The van der Waals surface area contributed by atoms with Gasteiger partial charge in [-0.1, -0.05) is 47.6 Å². The van der Waals surface area contributed by atoms with Gasteiger partial charge in [0.15, 0.2) is 0 Å². The van der Waals surface area contributed by atoms with Crippen molar-refractivity contribution in [2.45, 2.75) is 58.4 Å². The van der Waals surface area contributed by atoms with E-state index in [1.165, 1.54) is 11.1 Å². The maximum atomic E-state index is 13.0. The van der Waals surface area contributed by atoms with Crippen LogP contribution in [0.15, 0.2) is 30.9 Å². The predicted molar refractivity (Wildman–Crippen MR) is 98.8 cm³/mol. The van der Waals surface area contributed by atoms with E-state index < -0.39 is 0 Å². The summed E-state index contributed by atoms with van der Waals surface area (Å²) in [7, 11) is 0. The van der Waals surface area contributed by atoms with Crippen LogP contribution in [0, 0.1) is 0 Å². The summed E-state index contributed by atoms with van der Waals surface area (Å²) in [5, 5.41) is 7.68. The van der Waals surface area contributed by atoms with Gasteiger partial charge in [0.05, 0.1) is 6.04 Å². The lowest BCUT2D eigenvalue weighted by molar-refractivity contribution is 0.0519. The normalized spacial score (nSPS) is 16.0. The summed E-state index contributed by atoms with van der Waals surface area (Å²) in [5.41, 5.74) is 3.23. The van der Waals surface area contributed by atoms with E-state index in [1.54, 1.807) is 12.7 Å². The van der Waals surface area contributed by atoms with Gasteiger partial charge in [-0.15, -0.1) is 10.2 Å². The van der Waals surface area contributed by atoms with Gasteiger partial charge < -0.3 is 9.47 Å². The number of rotatable bonds is 2. The summed E-state index contributed by atoms with van der Waals surface area (Å²) in [5.74, 6) is 0.112. The van der Waals surface area contributed by atoms with Gasteiger partial charge in [0.25, 0.3) is 5.91 Å². The van der Waals surface area contributed by atoms with E-state index in [2.05, 4.69) is 69.9 Å². The standard InChI is InChI=1S/C20H28N4O/c1-19(2,3)15-7-14(8-16(9-15)20(4,5)6)18(25)23-10-17(11-23)24-12-21-22-13-24/h7-9,12-13,17H,10-11H2,1-6H3. The van der Waals surface area contributed by atoms with Crippen LogP contribution in [-0.4, -0.2) is 38.7 Å². The van der Waals surface area contributed by atoms with Crippen molar-refractivity contribution in [2.75, 3.05) is 13.1 Å². The first-order chi connectivity index (χ1) is 11.6. The number of likely N-dealkylation sites (tertiary alicyclic amines) is 1. The third kappa shape index (κ3) is 3.60. The molecule has 0 spiro atoms. The second-order valence-corrected chi connectivity index (χ2v) is 9.07. The van der Waals surface area contributed by atoms with Crippen LogP contribution in [0.4, 0.5) is 0 Å². The van der Waals surface area contributed by atoms with Gasteiger partial charge >= 0.3 is 0 Å². The lowest BCUT2D eigenvalue weighted by atomic mass is 9.79. The van der Waals surface area contributed by atoms with Crippen molar-refractivity contribution < 1.29 is 4.79 Å². The maximum absolute atomic E-state index is 13.0. The number of benzene rings is 1. The minimum Gasteiger partial charge on any atom is -0.334 e. The Morgan fingerprint density at radius 1 is 0.920 bits per heavy atom. The lowest BCUT2D eigenvalue weighted by Gasteiger charge is -2.40. The first-order valence-corrected chi connectivity index (χ1v) is 8.85. The third-order valence-electron chi connectivity index (χ3n) is 4.92. The fraction of sp³-hybridized carbons (Fsp3) is 0.550. The summed E-state index contributed by atoms with van der Waals surface area (Å²) >= 11 is 0. The molecule has 1 saturated heterocycles. The SMILES string of the molecule is CC(C)(C)c1cc(C(=O)N2CC(n3cnnc3)C2)cc(C(C)(C)C)c1. The Kier molecular flexibility index (Phi) is 4.21. The van der Waals surface area contributed by atoms with Crippen LogP contribution in [0.3, 0.4) is 0 Å². The molecule has 25 heavy (non-hydrogen) atoms. The molecule has 0 aliphatic carbocycles. The summed E-state index contributed by atoms with van der Waals surface area (Å²) in [4.78, 5) is 14.9. The van der Waals surface area contributed by atoms with Crippen LogP contribution >= 0.6 is 0 Å². The van der Waals surface area contributed by atoms with Crippen LogP contribution in [0.2, 0.25) is 0 Å². The predicted octanol–water partition coefficient (Wildman–Crippen LogP) is 3.57. The smallest absolute Gasteiger partial charge is 0.254 e. The highest BCUT2D eigenvalue weighted by Crippen LogP contribution is 2.32. The Hall–Kier alpha value is -2.17. The molecule has 5 heteroatoms. The van der Waals surface area contributed by atoms with Crippen molar-refractivity contribution in [2.24, 2.45) is 0 Å². The highest BCUT2D eigenvalue weighted by atomic mass is 16.2. The van der Waals surface area contributed by atoms with Crippen molar-refractivity contribution in [3.8, 4) is 0 Å². The molecule has 3 rings (SSSR count). The number of hydrogen-bond donors (Lipinski definition) is 0. The Morgan fingerprint density at radius 2 is 1.40 bits per heavy atom. The van der Waals surface area contributed by atoms with Gasteiger partial charge in [-0.2, -0.15) is 0 Å². The Bertz CT molecular complexity index is 728. The average molecular weight is 340 g/mol. The van der Waals surface area contributed by atoms with E-state index in [0.717, 1.165) is 5.56 Å². The van der Waals surface area contributed by atoms with Gasteiger partial charge in [0, 0.05) is 18.7 Å². The first-order valence-electron chi connectivity index (χ1n) is 8.85. The monoisotopic (exact) mass is 340 g/mol. The summed E-state index contributed by atoms with van der Waals surface area (Å²) in [6.07, 6.45) is 3.43. The van der Waals surface area contributed by atoms with Crippen molar-refractivity contribution in [3.63, 3.8) is 0 Å². The largest absolute Gasteiger partial charge is 0.334 e. The van der Waals surface area contributed by atoms with Crippen LogP contribution in [0.5, 0.6) is 0 Å². The molecule has 1 aromatic carbocycles. The van der Waals surface area contributed by atoms with E-state index >= 15 is 0 Å². The van der Waals surface area contributed by atoms with Gasteiger partial charge in [0.1, 0.15) is 12.7 Å². The fourth-order valence-corrected chi connectivity index (χ4v) is 3.01. The molecule has 0 bridgehead atoms. The fourth-order valence-electron chi connectivity index (χ4n) is 3.01. The molecule has 0 radical (unpaired) electrons. The highest BCUT2D eigenvalue weighted by Gasteiger charge is 2.33. The minimum absolute atomic E-state index is 0.0102. The lowest BCUT2D eigenvalue weighted by Crippen LogP contribution is -2.50. The quantitative estimate of drug-likeness (QED) is 0.840. The maximum Gasteiger partial charge on any atom is 0.254 e. The minimum atomic E-state index is 0.0102. The molecule has 0 unspecified atom stereocenters. The summed E-state index contributed by atoms with van der Waals surface area (Å²) < 4.78 is 1.97. The number of nitrogens with zero attached hydrogens (tertiary/aromatic N) is 4. The number of aromatic nitrogens is 3. The Balaban J connectivity index is 1.85. The summed E-state index contributed by atoms with van der Waals surface area (Å²) in [6, 6.07) is 6.65. The number of carbonyl (C=O) groups is 1. The van der Waals surface area contributed by atoms with E-state index in [9.17, 15) is 4.79 Å². The van der Waals surface area contributed by atoms with Crippen molar-refractivity contribution in [1.29, 1.82) is 0 Å². The second kappa shape index (κ2) is 5.97. The molecular weight excluding hydrogens is 312 g/mol. The third-order valence-corrected chi connectivity index (χ3v) is 4.92. The van der Waals surface area contributed by atoms with Crippen molar-refractivity contribution in [3.05, 3.63) is 47.5 Å². The first kappa shape index (κ1) is 17.6. The second-order valence-electron chi connectivity index (χ2n) is 9.07. The topological polar surface area (TPSA) is 51.0 Å². The average Bonchev–Trinajstić information content (AvgIpc) is 2.97. The van der Waals surface area contributed by atoms with Crippen molar-refractivity contribution in [1.82, 2.24) is 19.7 Å². The molecule has 1 aliphatic heterocycles. The highest BCUT2D eigenvalue weighted by molar-refractivity contribution is 5.95. The zero-order chi connectivity index (χ0) is 18.4. The van der Waals surface area contributed by atoms with E-state index in [-0.39, 0.29) is 22.8 Å². The van der Waals surface area contributed by atoms with Gasteiger partial charge in [0.2, 0.25) is 0 Å². The molecule has 1 aliphatic rings. The molecule has 2 heterocycles.